The number of amidine groups is 1. The van der Waals surface area contributed by atoms with E-state index in [2.05, 4.69) is 15.0 Å². The highest BCUT2D eigenvalue weighted by atomic mass is 35.5. The maximum atomic E-state index is 12.7. The van der Waals surface area contributed by atoms with Gasteiger partial charge in [0, 0.05) is 18.7 Å². The van der Waals surface area contributed by atoms with E-state index in [4.69, 9.17) is 27.9 Å². The second-order valence-corrected chi connectivity index (χ2v) is 9.52. The topological polar surface area (TPSA) is 114 Å². The molecule has 1 aliphatic heterocycles. The molecule has 0 fully saturated rings. The molecule has 2 N–H and O–H groups in total. The van der Waals surface area contributed by atoms with Gasteiger partial charge < -0.3 is 10.1 Å². The van der Waals surface area contributed by atoms with Crippen LogP contribution in [-0.2, 0) is 19.6 Å². The highest BCUT2D eigenvalue weighted by Crippen LogP contribution is 2.23. The number of esters is 1. The molecular formula is C21H21Cl2N3O5S. The van der Waals surface area contributed by atoms with Crippen LogP contribution in [0.25, 0.3) is 0 Å². The summed E-state index contributed by atoms with van der Waals surface area (Å²) in [4.78, 5) is 28.5. The number of nitrogens with one attached hydrogen (secondary N) is 2. The molecule has 1 amide bonds. The van der Waals surface area contributed by atoms with Crippen LogP contribution < -0.4 is 10.0 Å². The summed E-state index contributed by atoms with van der Waals surface area (Å²) in [7, 11) is -3.84. The van der Waals surface area contributed by atoms with Crippen LogP contribution >= 0.6 is 23.2 Å². The molecule has 0 spiro atoms. The fraction of sp³-hybridized carbons (Fsp3) is 0.286. The van der Waals surface area contributed by atoms with Gasteiger partial charge in [0.2, 0.25) is 0 Å². The predicted octanol–water partition coefficient (Wildman–Crippen LogP) is 4.04. The first-order valence-electron chi connectivity index (χ1n) is 9.83. The molecule has 8 nitrogen and oxygen atoms in total. The molecule has 170 valence electrons. The molecule has 1 aliphatic rings. The van der Waals surface area contributed by atoms with Crippen LogP contribution in [0.15, 0.2) is 52.4 Å². The fourth-order valence-corrected chi connectivity index (χ4v) is 4.38. The molecular weight excluding hydrogens is 477 g/mol. The van der Waals surface area contributed by atoms with Gasteiger partial charge in [-0.3, -0.25) is 14.5 Å². The lowest BCUT2D eigenvalue weighted by atomic mass is 10.2. The van der Waals surface area contributed by atoms with Crippen molar-refractivity contribution in [3.05, 3.63) is 58.1 Å². The largest absolute Gasteiger partial charge is 0.452 e. The van der Waals surface area contributed by atoms with Gasteiger partial charge in [-0.2, -0.15) is 0 Å². The number of carbonyl (C=O) groups excluding carboxylic acids is 2. The number of sulfonamides is 1. The molecule has 0 aliphatic carbocycles. The van der Waals surface area contributed by atoms with Crippen molar-refractivity contribution in [1.82, 2.24) is 4.72 Å². The van der Waals surface area contributed by atoms with Crippen LogP contribution in [0.2, 0.25) is 10.0 Å². The van der Waals surface area contributed by atoms with Crippen molar-refractivity contribution < 1.29 is 22.7 Å². The maximum Gasteiger partial charge on any atom is 0.338 e. The van der Waals surface area contributed by atoms with Crippen molar-refractivity contribution in [1.29, 1.82) is 0 Å². The van der Waals surface area contributed by atoms with Crippen molar-refractivity contribution in [3.8, 4) is 0 Å². The van der Waals surface area contributed by atoms with E-state index in [1.165, 1.54) is 42.5 Å². The quantitative estimate of drug-likeness (QED) is 0.584. The van der Waals surface area contributed by atoms with Gasteiger partial charge in [0.1, 0.15) is 5.84 Å². The Kier molecular flexibility index (Phi) is 8.11. The Labute approximate surface area is 196 Å². The van der Waals surface area contributed by atoms with Crippen molar-refractivity contribution >= 4 is 56.6 Å². The fourth-order valence-electron chi connectivity index (χ4n) is 2.95. The van der Waals surface area contributed by atoms with Crippen LogP contribution in [0.1, 0.15) is 36.0 Å². The third-order valence-corrected chi connectivity index (χ3v) is 6.66. The van der Waals surface area contributed by atoms with Gasteiger partial charge in [-0.1, -0.05) is 35.7 Å². The van der Waals surface area contributed by atoms with E-state index in [1.54, 1.807) is 0 Å². The lowest BCUT2D eigenvalue weighted by Crippen LogP contribution is -2.30. The summed E-state index contributed by atoms with van der Waals surface area (Å²) in [6.45, 7) is 0.0278. The van der Waals surface area contributed by atoms with Crippen molar-refractivity contribution in [2.24, 2.45) is 4.99 Å². The molecule has 32 heavy (non-hydrogen) atoms. The average Bonchev–Trinajstić information content (AvgIpc) is 3.02. The average molecular weight is 498 g/mol. The highest BCUT2D eigenvalue weighted by Gasteiger charge is 2.18. The van der Waals surface area contributed by atoms with Crippen LogP contribution in [-0.4, -0.2) is 39.3 Å². The van der Waals surface area contributed by atoms with Crippen LogP contribution in [0.3, 0.4) is 0 Å². The first kappa shape index (κ1) is 24.0. The molecule has 0 unspecified atom stereocenters. The van der Waals surface area contributed by atoms with Gasteiger partial charge in [-0.15, -0.1) is 0 Å². The molecule has 3 rings (SSSR count). The number of carbonyl (C=O) groups is 2. The van der Waals surface area contributed by atoms with Crippen LogP contribution in [0, 0.1) is 0 Å². The third-order valence-electron chi connectivity index (χ3n) is 4.54. The number of anilines is 1. The Balaban J connectivity index is 1.59. The number of nitrogens with zero attached hydrogens (tertiary/aromatic N) is 1. The predicted molar refractivity (Wildman–Crippen MR) is 123 cm³/mol. The van der Waals surface area contributed by atoms with Crippen molar-refractivity contribution in [3.63, 3.8) is 0 Å². The first-order chi connectivity index (χ1) is 15.2. The third kappa shape index (κ3) is 6.69. The first-order valence-corrected chi connectivity index (χ1v) is 12.1. The molecule has 0 aromatic heterocycles. The normalized spacial score (nSPS) is 14.1. The Morgan fingerprint density at radius 2 is 1.84 bits per heavy atom. The van der Waals surface area contributed by atoms with Gasteiger partial charge in [0.15, 0.2) is 6.61 Å². The molecule has 0 saturated heterocycles. The summed E-state index contributed by atoms with van der Waals surface area (Å²) < 4.78 is 32.8. The van der Waals surface area contributed by atoms with E-state index in [9.17, 15) is 18.0 Å². The van der Waals surface area contributed by atoms with E-state index in [0.717, 1.165) is 19.3 Å². The molecule has 0 saturated carbocycles. The zero-order chi connectivity index (χ0) is 23.1. The minimum absolute atomic E-state index is 0.0185. The Morgan fingerprint density at radius 1 is 1.03 bits per heavy atom. The molecule has 0 radical (unpaired) electrons. The Bertz CT molecular complexity index is 1150. The monoisotopic (exact) mass is 497 g/mol. The summed E-state index contributed by atoms with van der Waals surface area (Å²) in [5.41, 5.74) is 0.388. The minimum Gasteiger partial charge on any atom is -0.452 e. The molecule has 0 atom stereocenters. The number of ether oxygens (including phenoxy) is 1. The van der Waals surface area contributed by atoms with Crippen LogP contribution in [0.4, 0.5) is 5.69 Å². The van der Waals surface area contributed by atoms with Gasteiger partial charge in [-0.25, -0.2) is 13.2 Å². The van der Waals surface area contributed by atoms with E-state index >= 15 is 0 Å². The molecule has 1 heterocycles. The van der Waals surface area contributed by atoms with Gasteiger partial charge in [0.25, 0.3) is 15.9 Å². The summed E-state index contributed by atoms with van der Waals surface area (Å²) in [5.74, 6) is -0.941. The zero-order valence-corrected chi connectivity index (χ0v) is 19.3. The van der Waals surface area contributed by atoms with Crippen LogP contribution in [0.5, 0.6) is 0 Å². The summed E-state index contributed by atoms with van der Waals surface area (Å²) >= 11 is 11.7. The van der Waals surface area contributed by atoms with Crippen molar-refractivity contribution in [2.75, 3.05) is 18.5 Å². The zero-order valence-electron chi connectivity index (χ0n) is 16.9. The van der Waals surface area contributed by atoms with E-state index in [0.29, 0.717) is 18.8 Å². The van der Waals surface area contributed by atoms with Gasteiger partial charge >= 0.3 is 5.97 Å². The number of halogens is 2. The molecule has 2 aromatic rings. The SMILES string of the molecule is O=C(COC(=O)c1ccc(Cl)c(Cl)c1)Nc1cccc(S(=O)(=O)NC2=NCCCCC2)c1. The summed E-state index contributed by atoms with van der Waals surface area (Å²) in [6.07, 6.45) is 3.38. The summed E-state index contributed by atoms with van der Waals surface area (Å²) in [5, 5.41) is 2.98. The lowest BCUT2D eigenvalue weighted by molar-refractivity contribution is -0.119. The Morgan fingerprint density at radius 3 is 2.62 bits per heavy atom. The van der Waals surface area contributed by atoms with Gasteiger partial charge in [0.05, 0.1) is 20.5 Å². The minimum atomic E-state index is -3.84. The number of rotatable bonds is 6. The van der Waals surface area contributed by atoms with E-state index < -0.39 is 28.5 Å². The number of hydrogen-bond donors (Lipinski definition) is 2. The van der Waals surface area contributed by atoms with Gasteiger partial charge in [-0.05, 0) is 49.2 Å². The molecule has 0 bridgehead atoms. The van der Waals surface area contributed by atoms with E-state index in [1.807, 2.05) is 0 Å². The highest BCUT2D eigenvalue weighted by molar-refractivity contribution is 7.90. The number of hydrogen-bond acceptors (Lipinski definition) is 6. The van der Waals surface area contributed by atoms with Crippen molar-refractivity contribution in [2.45, 2.75) is 30.6 Å². The molecule has 11 heteroatoms. The standard InChI is InChI=1S/C21H21Cl2N3O5S/c22-17-9-8-14(11-18(17)23)21(28)31-13-20(27)25-15-5-4-6-16(12-15)32(29,30)26-19-7-2-1-3-10-24-19/h4-6,8-9,11-12H,1-3,7,10,13H2,(H,24,26)(H,25,27). The number of amides is 1. The number of aliphatic imine (C=N–C) groups is 1. The maximum absolute atomic E-state index is 12.7. The summed E-state index contributed by atoms with van der Waals surface area (Å²) in [6, 6.07) is 9.97. The number of benzene rings is 2. The smallest absolute Gasteiger partial charge is 0.338 e. The Hall–Kier alpha value is -2.62. The lowest BCUT2D eigenvalue weighted by Gasteiger charge is -2.11. The second kappa shape index (κ2) is 10.8. The second-order valence-electron chi connectivity index (χ2n) is 7.03. The van der Waals surface area contributed by atoms with E-state index in [-0.39, 0.29) is 26.2 Å². The molecule has 2 aromatic carbocycles.